The fourth-order valence-electron chi connectivity index (χ4n) is 1.22. The Morgan fingerprint density at radius 1 is 1.15 bits per heavy atom. The first-order chi connectivity index (χ1) is 9.23. The highest BCUT2D eigenvalue weighted by Crippen LogP contribution is 2.27. The number of ketones is 1. The van der Waals surface area contributed by atoms with Crippen molar-refractivity contribution in [1.29, 1.82) is 0 Å². The predicted molar refractivity (Wildman–Crippen MR) is 56.8 cm³/mol. The van der Waals surface area contributed by atoms with Crippen LogP contribution in [0.25, 0.3) is 0 Å². The summed E-state index contributed by atoms with van der Waals surface area (Å²) in [5.41, 5.74) is 5.13. The molecule has 0 saturated heterocycles. The topological polar surface area (TPSA) is 89.6 Å². The average molecular weight is 295 g/mol. The molecule has 0 aliphatic rings. The van der Waals surface area contributed by atoms with Gasteiger partial charge < -0.3 is 9.84 Å². The van der Waals surface area contributed by atoms with Crippen molar-refractivity contribution in [2.24, 2.45) is 5.73 Å². The maximum atomic E-state index is 13.2. The summed E-state index contributed by atoms with van der Waals surface area (Å²) < 4.78 is 56.5. The molecule has 3 N–H and O–H groups in total. The van der Waals surface area contributed by atoms with Crippen molar-refractivity contribution >= 4 is 11.8 Å². The fraction of sp³-hybridized carbons (Fsp3) is 0.273. The molecule has 0 heterocycles. The number of ether oxygens (including phenoxy) is 1. The Morgan fingerprint density at radius 2 is 1.65 bits per heavy atom. The smallest absolute Gasteiger partial charge is 0.303 e. The quantitative estimate of drug-likeness (QED) is 0.469. The van der Waals surface area contributed by atoms with Gasteiger partial charge in [-0.05, 0) is 0 Å². The normalized spacial score (nSPS) is 12.1. The van der Waals surface area contributed by atoms with Crippen LogP contribution in [0.15, 0.2) is 6.07 Å². The van der Waals surface area contributed by atoms with Gasteiger partial charge in [-0.15, -0.1) is 0 Å². The van der Waals surface area contributed by atoms with Crippen LogP contribution in [0.5, 0.6) is 5.75 Å². The lowest BCUT2D eigenvalue weighted by molar-refractivity contribution is -0.139. The molecule has 0 spiro atoms. The average Bonchev–Trinajstić information content (AvgIpc) is 2.38. The van der Waals surface area contributed by atoms with E-state index in [0.717, 1.165) is 0 Å². The number of carboxylic acids is 1. The Bertz CT molecular complexity index is 523. The Balaban J connectivity index is 2.88. The van der Waals surface area contributed by atoms with Crippen molar-refractivity contribution in [3.05, 3.63) is 29.3 Å². The van der Waals surface area contributed by atoms with E-state index in [1.807, 2.05) is 0 Å². The van der Waals surface area contributed by atoms with Crippen molar-refractivity contribution < 1.29 is 37.0 Å². The monoisotopic (exact) mass is 295 g/mol. The van der Waals surface area contributed by atoms with Crippen LogP contribution < -0.4 is 10.5 Å². The molecule has 20 heavy (non-hydrogen) atoms. The first kappa shape index (κ1) is 15.9. The number of Topliss-reactive ketones (excluding diaryl/α,β-unsaturated/α-hetero) is 1. The van der Waals surface area contributed by atoms with Crippen LogP contribution in [0.3, 0.4) is 0 Å². The van der Waals surface area contributed by atoms with Crippen LogP contribution in [0.2, 0.25) is 0 Å². The van der Waals surface area contributed by atoms with E-state index in [9.17, 15) is 27.2 Å². The molecule has 1 unspecified atom stereocenters. The first-order valence-electron chi connectivity index (χ1n) is 5.23. The van der Waals surface area contributed by atoms with Crippen LogP contribution >= 0.6 is 0 Å². The van der Waals surface area contributed by atoms with Gasteiger partial charge in [-0.2, -0.15) is 8.78 Å². The molecule has 0 aliphatic carbocycles. The van der Waals surface area contributed by atoms with Crippen LogP contribution in [0.1, 0.15) is 12.8 Å². The third-order valence-corrected chi connectivity index (χ3v) is 2.22. The molecule has 1 aromatic carbocycles. The van der Waals surface area contributed by atoms with Crippen LogP contribution in [0, 0.1) is 23.3 Å². The Labute approximate surface area is 109 Å². The molecule has 0 amide bonds. The minimum atomic E-state index is -1.94. The zero-order valence-corrected chi connectivity index (χ0v) is 9.83. The molecule has 0 radical (unpaired) electrons. The minimum absolute atomic E-state index is 0.0324. The lowest BCUT2D eigenvalue weighted by Crippen LogP contribution is -2.37. The molecule has 0 saturated carbocycles. The van der Waals surface area contributed by atoms with Gasteiger partial charge in [-0.1, -0.05) is 0 Å². The van der Waals surface area contributed by atoms with E-state index in [2.05, 4.69) is 4.74 Å². The summed E-state index contributed by atoms with van der Waals surface area (Å²) in [5, 5.41) is 8.34. The molecule has 0 aliphatic heterocycles. The van der Waals surface area contributed by atoms with E-state index in [-0.39, 0.29) is 6.07 Å². The second-order valence-corrected chi connectivity index (χ2v) is 3.70. The van der Waals surface area contributed by atoms with E-state index < -0.39 is 59.8 Å². The lowest BCUT2D eigenvalue weighted by atomic mass is 10.2. The summed E-state index contributed by atoms with van der Waals surface area (Å²) in [7, 11) is 0. The zero-order chi connectivity index (χ0) is 15.4. The maximum absolute atomic E-state index is 13.2. The molecule has 1 aromatic rings. The van der Waals surface area contributed by atoms with Crippen LogP contribution in [-0.4, -0.2) is 23.1 Å². The standard InChI is InChI=1S/C11H9F4NO4/c12-4-3-5(13)9(15)10(8(4)14)20-11(16)6(17)1-2-7(18)19/h3,11H,1-2,16H2,(H,18,19). The number of hydrogen-bond donors (Lipinski definition) is 2. The Hall–Kier alpha value is -2.16. The number of carboxylic acid groups (broad SMARTS) is 1. The summed E-state index contributed by atoms with van der Waals surface area (Å²) in [6.07, 6.45) is -3.07. The number of carbonyl (C=O) groups excluding carboxylic acids is 1. The molecular formula is C11H9F4NO4. The van der Waals surface area contributed by atoms with Gasteiger partial charge in [-0.25, -0.2) is 8.78 Å². The van der Waals surface area contributed by atoms with Crippen molar-refractivity contribution in [1.82, 2.24) is 0 Å². The summed E-state index contributed by atoms with van der Waals surface area (Å²) >= 11 is 0. The van der Waals surface area contributed by atoms with Gasteiger partial charge in [0, 0.05) is 12.5 Å². The lowest BCUT2D eigenvalue weighted by Gasteiger charge is -2.14. The van der Waals surface area contributed by atoms with Gasteiger partial charge in [0.15, 0.2) is 23.2 Å². The predicted octanol–water partition coefficient (Wildman–Crippen LogP) is 1.34. The first-order valence-corrected chi connectivity index (χ1v) is 5.23. The summed E-state index contributed by atoms with van der Waals surface area (Å²) in [4.78, 5) is 21.5. The number of rotatable bonds is 6. The number of nitrogens with two attached hydrogens (primary N) is 1. The largest absolute Gasteiger partial charge is 0.481 e. The number of benzene rings is 1. The number of hydrogen-bond acceptors (Lipinski definition) is 4. The molecular weight excluding hydrogens is 286 g/mol. The maximum Gasteiger partial charge on any atom is 0.303 e. The molecule has 110 valence electrons. The SMILES string of the molecule is NC(Oc1c(F)c(F)cc(F)c1F)C(=O)CCC(=O)O. The summed E-state index contributed by atoms with van der Waals surface area (Å²) in [6, 6.07) is -0.0324. The van der Waals surface area contributed by atoms with Crippen molar-refractivity contribution in [3.63, 3.8) is 0 Å². The van der Waals surface area contributed by atoms with Gasteiger partial charge in [0.25, 0.3) is 0 Å². The Morgan fingerprint density at radius 3 is 2.10 bits per heavy atom. The molecule has 0 aromatic heterocycles. The highest BCUT2D eigenvalue weighted by Gasteiger charge is 2.25. The second kappa shape index (κ2) is 6.33. The second-order valence-electron chi connectivity index (χ2n) is 3.70. The van der Waals surface area contributed by atoms with Crippen molar-refractivity contribution in [2.75, 3.05) is 0 Å². The van der Waals surface area contributed by atoms with E-state index >= 15 is 0 Å². The van der Waals surface area contributed by atoms with E-state index in [1.165, 1.54) is 0 Å². The van der Waals surface area contributed by atoms with Gasteiger partial charge in [-0.3, -0.25) is 15.3 Å². The Kier molecular flexibility index (Phi) is 5.03. The minimum Gasteiger partial charge on any atom is -0.481 e. The van der Waals surface area contributed by atoms with Crippen molar-refractivity contribution in [3.8, 4) is 5.75 Å². The van der Waals surface area contributed by atoms with Crippen molar-refractivity contribution in [2.45, 2.75) is 19.1 Å². The molecule has 0 bridgehead atoms. The number of carbonyl (C=O) groups is 2. The summed E-state index contributed by atoms with van der Waals surface area (Å²) in [5.74, 6) is -10.9. The fourth-order valence-corrected chi connectivity index (χ4v) is 1.22. The highest BCUT2D eigenvalue weighted by molar-refractivity contribution is 5.85. The molecule has 1 atom stereocenters. The van der Waals surface area contributed by atoms with Gasteiger partial charge in [0.2, 0.25) is 17.9 Å². The molecule has 9 heteroatoms. The van der Waals surface area contributed by atoms with Crippen LogP contribution in [-0.2, 0) is 9.59 Å². The van der Waals surface area contributed by atoms with E-state index in [4.69, 9.17) is 10.8 Å². The van der Waals surface area contributed by atoms with E-state index in [0.29, 0.717) is 0 Å². The highest BCUT2D eigenvalue weighted by atomic mass is 19.2. The number of aliphatic carboxylic acids is 1. The summed E-state index contributed by atoms with van der Waals surface area (Å²) in [6.45, 7) is 0. The molecule has 1 rings (SSSR count). The third kappa shape index (κ3) is 3.67. The molecule has 5 nitrogen and oxygen atoms in total. The zero-order valence-electron chi connectivity index (χ0n) is 9.83. The molecule has 0 fully saturated rings. The third-order valence-electron chi connectivity index (χ3n) is 2.22. The van der Waals surface area contributed by atoms with E-state index in [1.54, 1.807) is 0 Å². The van der Waals surface area contributed by atoms with Crippen LogP contribution in [0.4, 0.5) is 17.6 Å². The number of halogens is 4. The van der Waals surface area contributed by atoms with Gasteiger partial charge >= 0.3 is 5.97 Å². The van der Waals surface area contributed by atoms with Gasteiger partial charge in [0.05, 0.1) is 6.42 Å². The van der Waals surface area contributed by atoms with Gasteiger partial charge in [0.1, 0.15) is 0 Å².